The summed E-state index contributed by atoms with van der Waals surface area (Å²) in [4.78, 5) is 12.7. The lowest BCUT2D eigenvalue weighted by Gasteiger charge is -2.41. The maximum absolute atomic E-state index is 10.7. The van der Waals surface area contributed by atoms with Crippen LogP contribution < -0.4 is 4.90 Å². The minimum Gasteiger partial charge on any atom is -0.371 e. The second-order valence-electron chi connectivity index (χ2n) is 4.26. The number of benzene rings is 1. The van der Waals surface area contributed by atoms with Gasteiger partial charge in [-0.15, -0.1) is 0 Å². The van der Waals surface area contributed by atoms with Crippen LogP contribution in [0.3, 0.4) is 0 Å². The van der Waals surface area contributed by atoms with Gasteiger partial charge >= 0.3 is 0 Å². The molecule has 4 nitrogen and oxygen atoms in total. The molecule has 3 aliphatic rings. The van der Waals surface area contributed by atoms with Gasteiger partial charge in [0.25, 0.3) is 5.69 Å². The van der Waals surface area contributed by atoms with E-state index in [1.54, 1.807) is 12.1 Å². The van der Waals surface area contributed by atoms with Crippen molar-refractivity contribution < 1.29 is 4.92 Å². The van der Waals surface area contributed by atoms with Gasteiger partial charge in [0.05, 0.1) is 4.92 Å². The third kappa shape index (κ3) is 1.21. The zero-order valence-electron chi connectivity index (χ0n) is 8.35. The predicted molar refractivity (Wildman–Crippen MR) is 57.3 cm³/mol. The van der Waals surface area contributed by atoms with E-state index in [0.717, 1.165) is 25.9 Å². The molecule has 3 heterocycles. The van der Waals surface area contributed by atoms with Crippen LogP contribution in [0.2, 0.25) is 0 Å². The van der Waals surface area contributed by atoms with Gasteiger partial charge in [0.1, 0.15) is 0 Å². The van der Waals surface area contributed by atoms with E-state index in [2.05, 4.69) is 4.90 Å². The Morgan fingerprint density at radius 3 is 2.73 bits per heavy atom. The molecular weight excluding hydrogens is 192 g/mol. The van der Waals surface area contributed by atoms with Gasteiger partial charge < -0.3 is 4.90 Å². The Morgan fingerprint density at radius 1 is 1.33 bits per heavy atom. The molecule has 2 bridgehead atoms. The molecule has 0 amide bonds. The van der Waals surface area contributed by atoms with Gasteiger partial charge in [-0.05, 0) is 30.4 Å². The summed E-state index contributed by atoms with van der Waals surface area (Å²) >= 11 is 0. The maximum atomic E-state index is 10.7. The van der Waals surface area contributed by atoms with Crippen molar-refractivity contribution in [3.63, 3.8) is 0 Å². The molecule has 1 aromatic carbocycles. The summed E-state index contributed by atoms with van der Waals surface area (Å²) in [7, 11) is 0. The minimum atomic E-state index is -0.308. The average Bonchev–Trinajstić information content (AvgIpc) is 2.30. The Balaban J connectivity index is 2.12. The molecule has 1 aromatic rings. The first kappa shape index (κ1) is 8.71. The van der Waals surface area contributed by atoms with E-state index in [4.69, 9.17) is 0 Å². The van der Waals surface area contributed by atoms with Gasteiger partial charge in [-0.1, -0.05) is 0 Å². The van der Waals surface area contributed by atoms with E-state index in [0.29, 0.717) is 5.92 Å². The number of nitro benzene ring substituents is 1. The average molecular weight is 204 g/mol. The van der Waals surface area contributed by atoms with Crippen molar-refractivity contribution in [1.29, 1.82) is 0 Å². The number of non-ortho nitro benzene ring substituents is 1. The van der Waals surface area contributed by atoms with Gasteiger partial charge in [0.2, 0.25) is 0 Å². The number of hydrogen-bond donors (Lipinski definition) is 0. The smallest absolute Gasteiger partial charge is 0.269 e. The van der Waals surface area contributed by atoms with Crippen LogP contribution in [0.1, 0.15) is 24.3 Å². The van der Waals surface area contributed by atoms with Crippen molar-refractivity contribution in [3.05, 3.63) is 33.9 Å². The van der Waals surface area contributed by atoms with Crippen LogP contribution >= 0.6 is 0 Å². The Kier molecular flexibility index (Phi) is 1.71. The Hall–Kier alpha value is -1.58. The standard InChI is InChI=1S/C11H12N2O2/c14-13(15)9-1-2-11-10(7-9)8-3-5-12(11)6-4-8/h1-2,7-8H,3-6H2. The van der Waals surface area contributed by atoms with E-state index >= 15 is 0 Å². The summed E-state index contributed by atoms with van der Waals surface area (Å²) in [5, 5.41) is 10.7. The van der Waals surface area contributed by atoms with Crippen molar-refractivity contribution in [1.82, 2.24) is 0 Å². The normalized spacial score (nSPS) is 19.1. The predicted octanol–water partition coefficient (Wildman–Crippen LogP) is 2.29. The van der Waals surface area contributed by atoms with Gasteiger partial charge in [-0.2, -0.15) is 0 Å². The van der Waals surface area contributed by atoms with Gasteiger partial charge in [-0.3, -0.25) is 10.1 Å². The van der Waals surface area contributed by atoms with E-state index in [1.807, 2.05) is 6.07 Å². The molecule has 0 spiro atoms. The Morgan fingerprint density at radius 2 is 2.07 bits per heavy atom. The van der Waals surface area contributed by atoms with Crippen molar-refractivity contribution in [2.24, 2.45) is 0 Å². The molecule has 0 N–H and O–H groups in total. The Labute approximate surface area is 87.7 Å². The number of nitro groups is 1. The molecule has 3 aliphatic heterocycles. The van der Waals surface area contributed by atoms with Crippen molar-refractivity contribution in [2.45, 2.75) is 18.8 Å². The molecule has 15 heavy (non-hydrogen) atoms. The molecule has 1 fully saturated rings. The first-order chi connectivity index (χ1) is 7.25. The number of anilines is 1. The molecule has 78 valence electrons. The highest BCUT2D eigenvalue weighted by atomic mass is 16.6. The zero-order valence-corrected chi connectivity index (χ0v) is 8.35. The van der Waals surface area contributed by atoms with Crippen LogP contribution in [0.5, 0.6) is 0 Å². The molecular formula is C11H12N2O2. The second kappa shape index (κ2) is 2.95. The first-order valence-electron chi connectivity index (χ1n) is 5.29. The second-order valence-corrected chi connectivity index (χ2v) is 4.26. The minimum absolute atomic E-state index is 0.225. The number of piperidine rings is 1. The van der Waals surface area contributed by atoms with Gasteiger partial charge in [-0.25, -0.2) is 0 Å². The largest absolute Gasteiger partial charge is 0.371 e. The fraction of sp³-hybridized carbons (Fsp3) is 0.455. The first-order valence-corrected chi connectivity index (χ1v) is 5.29. The number of nitrogens with zero attached hydrogens (tertiary/aromatic N) is 2. The highest BCUT2D eigenvalue weighted by Crippen LogP contribution is 2.43. The van der Waals surface area contributed by atoms with Crippen LogP contribution in [0.4, 0.5) is 11.4 Å². The van der Waals surface area contributed by atoms with Gasteiger partial charge in [0, 0.05) is 30.9 Å². The van der Waals surface area contributed by atoms with Crippen LogP contribution in [0.15, 0.2) is 18.2 Å². The number of hydrogen-bond acceptors (Lipinski definition) is 3. The lowest BCUT2D eigenvalue weighted by atomic mass is 9.83. The summed E-state index contributed by atoms with van der Waals surface area (Å²) in [5.74, 6) is 0.546. The van der Waals surface area contributed by atoms with E-state index in [-0.39, 0.29) is 10.6 Å². The summed E-state index contributed by atoms with van der Waals surface area (Å²) in [6.07, 6.45) is 2.29. The topological polar surface area (TPSA) is 46.4 Å². The SMILES string of the molecule is O=[N+]([O-])c1ccc2c(c1)C1CCN2CC1. The fourth-order valence-corrected chi connectivity index (χ4v) is 2.70. The lowest BCUT2D eigenvalue weighted by molar-refractivity contribution is -0.384. The third-order valence-electron chi connectivity index (χ3n) is 3.50. The quantitative estimate of drug-likeness (QED) is 0.520. The molecule has 1 saturated heterocycles. The van der Waals surface area contributed by atoms with Crippen molar-refractivity contribution in [3.8, 4) is 0 Å². The number of rotatable bonds is 1. The molecule has 0 aliphatic carbocycles. The molecule has 0 radical (unpaired) electrons. The van der Waals surface area contributed by atoms with Crippen LogP contribution in [-0.4, -0.2) is 18.0 Å². The van der Waals surface area contributed by atoms with E-state index in [9.17, 15) is 10.1 Å². The fourth-order valence-electron chi connectivity index (χ4n) is 2.70. The van der Waals surface area contributed by atoms with Crippen LogP contribution in [-0.2, 0) is 0 Å². The monoisotopic (exact) mass is 204 g/mol. The van der Waals surface area contributed by atoms with Crippen molar-refractivity contribution >= 4 is 11.4 Å². The number of fused-ring (bicyclic) bond motifs is 2. The highest BCUT2D eigenvalue weighted by molar-refractivity contribution is 5.62. The molecule has 0 saturated carbocycles. The molecule has 4 heteroatoms. The summed E-state index contributed by atoms with van der Waals surface area (Å²) in [5.41, 5.74) is 2.62. The lowest BCUT2D eigenvalue weighted by Crippen LogP contribution is -2.38. The molecule has 4 rings (SSSR count). The summed E-state index contributed by atoms with van der Waals surface area (Å²) in [6.45, 7) is 2.21. The van der Waals surface area contributed by atoms with E-state index < -0.39 is 0 Å². The third-order valence-corrected chi connectivity index (χ3v) is 3.50. The molecule has 0 unspecified atom stereocenters. The maximum Gasteiger partial charge on any atom is 0.269 e. The Bertz CT molecular complexity index is 423. The summed E-state index contributed by atoms with van der Waals surface area (Å²) in [6, 6.07) is 5.27. The van der Waals surface area contributed by atoms with Crippen LogP contribution in [0.25, 0.3) is 0 Å². The van der Waals surface area contributed by atoms with E-state index in [1.165, 1.54) is 11.3 Å². The molecule has 0 aromatic heterocycles. The highest BCUT2D eigenvalue weighted by Gasteiger charge is 2.31. The van der Waals surface area contributed by atoms with Gasteiger partial charge in [0.15, 0.2) is 0 Å². The molecule has 0 atom stereocenters. The summed E-state index contributed by atoms with van der Waals surface area (Å²) < 4.78 is 0. The zero-order chi connectivity index (χ0) is 10.4. The van der Waals surface area contributed by atoms with Crippen molar-refractivity contribution in [2.75, 3.05) is 18.0 Å². The van der Waals surface area contributed by atoms with Crippen LogP contribution in [0, 0.1) is 10.1 Å².